The van der Waals surface area contributed by atoms with E-state index in [4.69, 9.17) is 4.74 Å². The maximum atomic E-state index is 12.7. The zero-order valence-corrected chi connectivity index (χ0v) is 19.9. The highest BCUT2D eigenvalue weighted by atomic mass is 32.1. The lowest BCUT2D eigenvalue weighted by Gasteiger charge is -2.30. The van der Waals surface area contributed by atoms with Crippen LogP contribution in [0.15, 0.2) is 0 Å². The van der Waals surface area contributed by atoms with Gasteiger partial charge < -0.3 is 15.0 Å². The summed E-state index contributed by atoms with van der Waals surface area (Å²) in [6, 6.07) is -0.0475. The van der Waals surface area contributed by atoms with Crippen molar-refractivity contribution in [2.75, 3.05) is 19.6 Å². The summed E-state index contributed by atoms with van der Waals surface area (Å²) in [5.74, 6) is -0.0181. The molecule has 0 radical (unpaired) electrons. The summed E-state index contributed by atoms with van der Waals surface area (Å²) < 4.78 is 79.8. The highest BCUT2D eigenvalue weighted by Crippen LogP contribution is 2.32. The molecule has 1 fully saturated rings. The topological polar surface area (TPSA) is 54.5 Å². The number of carbonyl (C=O) groups excluding carboxylic acids is 1. The Labute approximate surface area is 199 Å². The highest BCUT2D eigenvalue weighted by Gasteiger charge is 2.39. The maximum absolute atomic E-state index is 12.7. The molecule has 5 nitrogen and oxygen atoms in total. The van der Waals surface area contributed by atoms with Gasteiger partial charge in [0.2, 0.25) is 5.91 Å². The third kappa shape index (κ3) is 8.58. The van der Waals surface area contributed by atoms with Crippen molar-refractivity contribution < 1.29 is 35.9 Å². The van der Waals surface area contributed by atoms with Gasteiger partial charge in [-0.3, -0.25) is 4.79 Å². The molecule has 1 saturated carbocycles. The number of nitrogens with zero attached hydrogens (tertiary/aromatic N) is 2. The third-order valence-corrected chi connectivity index (χ3v) is 7.57. The van der Waals surface area contributed by atoms with Crippen molar-refractivity contribution in [2.45, 2.75) is 89.2 Å². The van der Waals surface area contributed by atoms with E-state index >= 15 is 0 Å². The zero-order valence-electron chi connectivity index (χ0n) is 19.1. The first-order chi connectivity index (χ1) is 15.9. The highest BCUT2D eigenvalue weighted by molar-refractivity contribution is 7.13. The summed E-state index contributed by atoms with van der Waals surface area (Å²) in [7, 11) is 0. The molecule has 1 aromatic heterocycles. The molecule has 34 heavy (non-hydrogen) atoms. The number of fused-ring (bicyclic) bond motifs is 1. The number of nitrogens with one attached hydrogen (secondary N) is 1. The van der Waals surface area contributed by atoms with Gasteiger partial charge in [0.05, 0.1) is 12.1 Å². The van der Waals surface area contributed by atoms with Crippen LogP contribution in [0.3, 0.4) is 0 Å². The van der Waals surface area contributed by atoms with E-state index in [0.29, 0.717) is 12.3 Å². The predicted octanol–water partition coefficient (Wildman–Crippen LogP) is 5.28. The van der Waals surface area contributed by atoms with E-state index in [1.165, 1.54) is 11.3 Å². The van der Waals surface area contributed by atoms with Crippen LogP contribution in [-0.4, -0.2) is 59.9 Å². The molecule has 0 saturated heterocycles. The standard InChI is InChI=1S/C22H31F6N3O2S/c1-14(22(26,27)28)33-20-30-17-8-12-31(13-9-18(17)34-20)11-7-15-2-4-16(5-3-15)29-19(32)6-10-21(23,24)25/h14-16H,2-13H2,1H3,(H,29,32). The van der Waals surface area contributed by atoms with E-state index < -0.39 is 37.2 Å². The number of carbonyl (C=O) groups is 1. The van der Waals surface area contributed by atoms with E-state index in [9.17, 15) is 31.1 Å². The first kappa shape index (κ1) is 27.0. The Balaban J connectivity index is 1.35. The molecule has 2 heterocycles. The second-order valence-electron chi connectivity index (χ2n) is 9.18. The largest absolute Gasteiger partial charge is 0.457 e. The summed E-state index contributed by atoms with van der Waals surface area (Å²) in [6.07, 6.45) is -6.39. The summed E-state index contributed by atoms with van der Waals surface area (Å²) in [6.45, 7) is 3.49. The average Bonchev–Trinajstić information content (AvgIpc) is 3.03. The number of ether oxygens (including phenoxy) is 1. The SMILES string of the molecule is CC(Oc1nc2c(s1)CCN(CCC1CCC(NC(=O)CCC(F)(F)F)CC1)CC2)C(F)(F)F. The molecular formula is C22H31F6N3O2S. The van der Waals surface area contributed by atoms with Gasteiger partial charge in [0, 0.05) is 36.9 Å². The van der Waals surface area contributed by atoms with E-state index in [1.807, 2.05) is 0 Å². The van der Waals surface area contributed by atoms with Crippen molar-refractivity contribution in [3.63, 3.8) is 0 Å². The van der Waals surface area contributed by atoms with E-state index in [1.54, 1.807) is 0 Å². The fraction of sp³-hybridized carbons (Fsp3) is 0.818. The minimum absolute atomic E-state index is 0.0475. The fourth-order valence-corrected chi connectivity index (χ4v) is 5.41. The Morgan fingerprint density at radius 2 is 1.82 bits per heavy atom. The molecule has 1 aliphatic carbocycles. The Hall–Kier alpha value is -1.56. The molecular weight excluding hydrogens is 484 g/mol. The fourth-order valence-electron chi connectivity index (χ4n) is 4.39. The number of halogens is 6. The first-order valence-electron chi connectivity index (χ1n) is 11.7. The molecule has 1 aromatic rings. The van der Waals surface area contributed by atoms with Crippen LogP contribution >= 0.6 is 11.3 Å². The number of hydrogen-bond donors (Lipinski definition) is 1. The minimum Gasteiger partial charge on any atom is -0.457 e. The van der Waals surface area contributed by atoms with Crippen LogP contribution in [0.25, 0.3) is 0 Å². The second-order valence-corrected chi connectivity index (χ2v) is 10.2. The first-order valence-corrected chi connectivity index (χ1v) is 12.5. The van der Waals surface area contributed by atoms with Gasteiger partial charge in [-0.25, -0.2) is 4.98 Å². The Morgan fingerprint density at radius 3 is 2.47 bits per heavy atom. The van der Waals surface area contributed by atoms with Crippen LogP contribution in [0.5, 0.6) is 5.19 Å². The van der Waals surface area contributed by atoms with Crippen molar-refractivity contribution in [2.24, 2.45) is 5.92 Å². The van der Waals surface area contributed by atoms with Gasteiger partial charge in [-0.05, 0) is 57.9 Å². The van der Waals surface area contributed by atoms with E-state index in [-0.39, 0.29) is 11.2 Å². The summed E-state index contributed by atoms with van der Waals surface area (Å²) in [4.78, 5) is 19.3. The van der Waals surface area contributed by atoms with Crippen LogP contribution in [0.4, 0.5) is 26.3 Å². The quantitative estimate of drug-likeness (QED) is 0.479. The number of rotatable bonds is 8. The number of hydrogen-bond acceptors (Lipinski definition) is 5. The number of thiazole rings is 1. The molecule has 194 valence electrons. The van der Waals surface area contributed by atoms with Gasteiger partial charge >= 0.3 is 12.4 Å². The minimum atomic E-state index is -4.42. The van der Waals surface area contributed by atoms with Gasteiger partial charge in [-0.15, -0.1) is 0 Å². The van der Waals surface area contributed by atoms with Crippen LogP contribution in [0.2, 0.25) is 0 Å². The van der Waals surface area contributed by atoms with Crippen molar-refractivity contribution in [1.82, 2.24) is 15.2 Å². The van der Waals surface area contributed by atoms with Gasteiger partial charge in [-0.2, -0.15) is 26.3 Å². The predicted molar refractivity (Wildman–Crippen MR) is 116 cm³/mol. The molecule has 1 unspecified atom stereocenters. The molecule has 1 aliphatic heterocycles. The normalized spacial score (nSPS) is 23.1. The van der Waals surface area contributed by atoms with Crippen molar-refractivity contribution in [1.29, 1.82) is 0 Å². The Morgan fingerprint density at radius 1 is 1.15 bits per heavy atom. The van der Waals surface area contributed by atoms with Crippen molar-refractivity contribution in [3.05, 3.63) is 10.6 Å². The summed E-state index contributed by atoms with van der Waals surface area (Å²) >= 11 is 1.19. The monoisotopic (exact) mass is 515 g/mol. The number of amides is 1. The summed E-state index contributed by atoms with van der Waals surface area (Å²) in [5.41, 5.74) is 0.818. The molecule has 0 bridgehead atoms. The average molecular weight is 516 g/mol. The lowest BCUT2D eigenvalue weighted by Crippen LogP contribution is -2.38. The van der Waals surface area contributed by atoms with E-state index in [2.05, 4.69) is 15.2 Å². The molecule has 0 spiro atoms. The maximum Gasteiger partial charge on any atom is 0.425 e. The van der Waals surface area contributed by atoms with Crippen LogP contribution in [-0.2, 0) is 17.6 Å². The molecule has 1 amide bonds. The Kier molecular flexibility index (Phi) is 9.10. The molecule has 1 N–H and O–H groups in total. The van der Waals surface area contributed by atoms with Crippen LogP contribution in [0.1, 0.15) is 62.4 Å². The van der Waals surface area contributed by atoms with Crippen LogP contribution < -0.4 is 10.1 Å². The zero-order chi connectivity index (χ0) is 24.9. The van der Waals surface area contributed by atoms with Gasteiger partial charge in [-0.1, -0.05) is 11.3 Å². The smallest absolute Gasteiger partial charge is 0.425 e. The lowest BCUT2D eigenvalue weighted by molar-refractivity contribution is -0.189. The molecule has 1 atom stereocenters. The molecule has 3 rings (SSSR count). The van der Waals surface area contributed by atoms with E-state index in [0.717, 1.165) is 75.7 Å². The molecule has 2 aliphatic rings. The molecule has 0 aromatic carbocycles. The number of alkyl halides is 6. The lowest BCUT2D eigenvalue weighted by atomic mass is 9.84. The second kappa shape index (κ2) is 11.5. The van der Waals surface area contributed by atoms with Crippen molar-refractivity contribution in [3.8, 4) is 5.19 Å². The van der Waals surface area contributed by atoms with Crippen molar-refractivity contribution >= 4 is 17.2 Å². The van der Waals surface area contributed by atoms with Gasteiger partial charge in [0.15, 0.2) is 6.10 Å². The number of aromatic nitrogens is 1. The summed E-state index contributed by atoms with van der Waals surface area (Å²) in [5, 5.41) is 2.80. The van der Waals surface area contributed by atoms with Gasteiger partial charge in [0.25, 0.3) is 5.19 Å². The Bertz CT molecular complexity index is 780. The van der Waals surface area contributed by atoms with Gasteiger partial charge in [0.1, 0.15) is 0 Å². The van der Waals surface area contributed by atoms with Crippen LogP contribution in [0, 0.1) is 5.92 Å². The third-order valence-electron chi connectivity index (χ3n) is 6.52. The molecule has 12 heteroatoms.